The molecule has 0 atom stereocenters. The zero-order valence-electron chi connectivity index (χ0n) is 21.2. The van der Waals surface area contributed by atoms with Gasteiger partial charge in [0.05, 0.1) is 0 Å². The molecular formula is C26H56N4O. The van der Waals surface area contributed by atoms with Crippen LogP contribution in [0.25, 0.3) is 0 Å². The fourth-order valence-electron chi connectivity index (χ4n) is 3.83. The first-order valence-corrected chi connectivity index (χ1v) is 13.6. The average Bonchev–Trinajstić information content (AvgIpc) is 2.76. The molecule has 4 N–H and O–H groups in total. The van der Waals surface area contributed by atoms with Crippen molar-refractivity contribution in [1.82, 2.24) is 21.3 Å². The van der Waals surface area contributed by atoms with Crippen LogP contribution in [0.5, 0.6) is 0 Å². The third-order valence-electron chi connectivity index (χ3n) is 5.82. The van der Waals surface area contributed by atoms with E-state index in [4.69, 9.17) is 0 Å². The number of hydrogen-bond acceptors (Lipinski definition) is 4. The fourth-order valence-corrected chi connectivity index (χ4v) is 3.83. The molecule has 0 radical (unpaired) electrons. The molecule has 0 aliphatic heterocycles. The first-order valence-electron chi connectivity index (χ1n) is 13.6. The van der Waals surface area contributed by atoms with Crippen LogP contribution in [0.4, 0.5) is 0 Å². The Morgan fingerprint density at radius 1 is 0.452 bits per heavy atom. The molecule has 31 heavy (non-hydrogen) atoms. The van der Waals surface area contributed by atoms with E-state index in [9.17, 15) is 4.79 Å². The molecule has 5 heteroatoms. The second kappa shape index (κ2) is 27.4. The van der Waals surface area contributed by atoms with E-state index in [0.717, 1.165) is 26.1 Å². The molecule has 0 aromatic carbocycles. The second-order valence-corrected chi connectivity index (χ2v) is 8.99. The molecule has 0 aromatic heterocycles. The predicted molar refractivity (Wildman–Crippen MR) is 137 cm³/mol. The smallest absolute Gasteiger partial charge is 0.216 e. The Balaban J connectivity index is 3.00. The summed E-state index contributed by atoms with van der Waals surface area (Å²) >= 11 is 0. The summed E-state index contributed by atoms with van der Waals surface area (Å²) in [5.41, 5.74) is 0. The summed E-state index contributed by atoms with van der Waals surface area (Å²) in [4.78, 5) is 10.8. The Morgan fingerprint density at radius 2 is 0.742 bits per heavy atom. The molecule has 0 spiro atoms. The molecule has 0 bridgehead atoms. The van der Waals surface area contributed by atoms with Gasteiger partial charge in [-0.1, -0.05) is 71.1 Å². The molecule has 0 saturated carbocycles. The molecule has 0 aromatic rings. The maximum Gasteiger partial charge on any atom is 0.216 e. The van der Waals surface area contributed by atoms with Crippen molar-refractivity contribution in [2.75, 3.05) is 45.8 Å². The van der Waals surface area contributed by atoms with Crippen molar-refractivity contribution in [1.29, 1.82) is 0 Å². The summed E-state index contributed by atoms with van der Waals surface area (Å²) in [5, 5.41) is 13.4. The highest BCUT2D eigenvalue weighted by atomic mass is 16.1. The SMILES string of the molecule is CCNCCCCCCCCNCCCCCCCCNCCCCCCNC(C)=O. The first kappa shape index (κ1) is 30.4. The van der Waals surface area contributed by atoms with Crippen LogP contribution in [0.15, 0.2) is 0 Å². The lowest BCUT2D eigenvalue weighted by Gasteiger charge is -2.06. The van der Waals surface area contributed by atoms with Gasteiger partial charge < -0.3 is 21.3 Å². The van der Waals surface area contributed by atoms with Crippen molar-refractivity contribution in [2.45, 2.75) is 117 Å². The van der Waals surface area contributed by atoms with Gasteiger partial charge in [0.1, 0.15) is 0 Å². The summed E-state index contributed by atoms with van der Waals surface area (Å²) in [7, 11) is 0. The Labute approximate surface area is 194 Å². The molecule has 0 unspecified atom stereocenters. The molecule has 186 valence electrons. The Bertz CT molecular complexity index is 352. The number of amides is 1. The van der Waals surface area contributed by atoms with Gasteiger partial charge in [0.15, 0.2) is 0 Å². The molecule has 0 aliphatic rings. The van der Waals surface area contributed by atoms with Gasteiger partial charge in [-0.25, -0.2) is 0 Å². The predicted octanol–water partition coefficient (Wildman–Crippen LogP) is 5.15. The molecule has 1 amide bonds. The lowest BCUT2D eigenvalue weighted by molar-refractivity contribution is -0.118. The molecule has 0 fully saturated rings. The molecule has 0 saturated heterocycles. The number of rotatable bonds is 26. The van der Waals surface area contributed by atoms with Crippen molar-refractivity contribution in [2.24, 2.45) is 0 Å². The van der Waals surface area contributed by atoms with E-state index < -0.39 is 0 Å². The number of carbonyl (C=O) groups excluding carboxylic acids is 1. The zero-order valence-corrected chi connectivity index (χ0v) is 21.2. The Kier molecular flexibility index (Phi) is 26.8. The van der Waals surface area contributed by atoms with Gasteiger partial charge in [0.2, 0.25) is 5.91 Å². The van der Waals surface area contributed by atoms with Gasteiger partial charge >= 0.3 is 0 Å². The van der Waals surface area contributed by atoms with Gasteiger partial charge in [0, 0.05) is 13.5 Å². The van der Waals surface area contributed by atoms with E-state index in [1.54, 1.807) is 6.92 Å². The monoisotopic (exact) mass is 440 g/mol. The van der Waals surface area contributed by atoms with E-state index in [2.05, 4.69) is 28.2 Å². The van der Waals surface area contributed by atoms with E-state index in [1.165, 1.54) is 122 Å². The van der Waals surface area contributed by atoms with E-state index in [1.807, 2.05) is 0 Å². The van der Waals surface area contributed by atoms with E-state index >= 15 is 0 Å². The highest BCUT2D eigenvalue weighted by Crippen LogP contribution is 2.06. The summed E-state index contributed by atoms with van der Waals surface area (Å²) in [6, 6.07) is 0. The second-order valence-electron chi connectivity index (χ2n) is 8.99. The van der Waals surface area contributed by atoms with Crippen LogP contribution in [0.1, 0.15) is 117 Å². The van der Waals surface area contributed by atoms with Crippen molar-refractivity contribution < 1.29 is 4.79 Å². The summed E-state index contributed by atoms with van der Waals surface area (Å²) in [6.45, 7) is 11.6. The largest absolute Gasteiger partial charge is 0.356 e. The number of nitrogens with one attached hydrogen (secondary N) is 4. The number of unbranched alkanes of at least 4 members (excludes halogenated alkanes) is 13. The van der Waals surface area contributed by atoms with Crippen molar-refractivity contribution in [3.8, 4) is 0 Å². The minimum Gasteiger partial charge on any atom is -0.356 e. The van der Waals surface area contributed by atoms with Crippen LogP contribution < -0.4 is 21.3 Å². The lowest BCUT2D eigenvalue weighted by atomic mass is 10.1. The fraction of sp³-hybridized carbons (Fsp3) is 0.962. The maximum atomic E-state index is 10.8. The van der Waals surface area contributed by atoms with Crippen LogP contribution in [0, 0.1) is 0 Å². The van der Waals surface area contributed by atoms with E-state index in [-0.39, 0.29) is 5.91 Å². The standard InChI is InChI=1S/C26H56N4O/c1-3-27-20-14-8-4-5-9-15-21-28-22-16-10-6-7-11-17-23-29-24-18-12-13-19-25-30-26(2)31/h27-29H,3-25H2,1-2H3,(H,30,31). The minimum atomic E-state index is 0.0844. The quantitative estimate of drug-likeness (QED) is 0.140. The van der Waals surface area contributed by atoms with Gasteiger partial charge in [-0.05, 0) is 77.8 Å². The van der Waals surface area contributed by atoms with Crippen molar-refractivity contribution in [3.63, 3.8) is 0 Å². The van der Waals surface area contributed by atoms with Crippen molar-refractivity contribution in [3.05, 3.63) is 0 Å². The van der Waals surface area contributed by atoms with E-state index in [0.29, 0.717) is 0 Å². The number of hydrogen-bond donors (Lipinski definition) is 4. The van der Waals surface area contributed by atoms with Gasteiger partial charge in [-0.2, -0.15) is 0 Å². The van der Waals surface area contributed by atoms with Gasteiger partial charge in [-0.3, -0.25) is 4.79 Å². The first-order chi connectivity index (χ1) is 15.3. The van der Waals surface area contributed by atoms with Crippen LogP contribution in [-0.2, 0) is 4.79 Å². The average molecular weight is 441 g/mol. The highest BCUT2D eigenvalue weighted by Gasteiger charge is 1.95. The third-order valence-corrected chi connectivity index (χ3v) is 5.82. The number of carbonyl (C=O) groups is 1. The van der Waals surface area contributed by atoms with Crippen molar-refractivity contribution >= 4 is 5.91 Å². The van der Waals surface area contributed by atoms with Gasteiger partial charge in [-0.15, -0.1) is 0 Å². The molecule has 5 nitrogen and oxygen atoms in total. The van der Waals surface area contributed by atoms with Crippen LogP contribution >= 0.6 is 0 Å². The Morgan fingerprint density at radius 3 is 1.06 bits per heavy atom. The third kappa shape index (κ3) is 29.4. The zero-order chi connectivity index (χ0) is 22.7. The summed E-state index contributed by atoms with van der Waals surface area (Å²) < 4.78 is 0. The lowest BCUT2D eigenvalue weighted by Crippen LogP contribution is -2.20. The van der Waals surface area contributed by atoms with Crippen LogP contribution in [0.2, 0.25) is 0 Å². The molecular weight excluding hydrogens is 384 g/mol. The maximum absolute atomic E-state index is 10.8. The molecule has 0 heterocycles. The molecule has 0 rings (SSSR count). The highest BCUT2D eigenvalue weighted by molar-refractivity contribution is 5.72. The topological polar surface area (TPSA) is 65.2 Å². The van der Waals surface area contributed by atoms with Gasteiger partial charge in [0.25, 0.3) is 0 Å². The Hall–Kier alpha value is -0.650. The minimum absolute atomic E-state index is 0.0844. The summed E-state index contributed by atoms with van der Waals surface area (Å²) in [6.07, 6.45) is 21.3. The molecule has 0 aliphatic carbocycles. The normalized spacial score (nSPS) is 11.2. The summed E-state index contributed by atoms with van der Waals surface area (Å²) in [5.74, 6) is 0.0844. The van der Waals surface area contributed by atoms with Crippen LogP contribution in [-0.4, -0.2) is 51.7 Å². The van der Waals surface area contributed by atoms with Crippen LogP contribution in [0.3, 0.4) is 0 Å².